The zero-order valence-corrected chi connectivity index (χ0v) is 16.4. The molecule has 0 fully saturated rings. The highest BCUT2D eigenvalue weighted by molar-refractivity contribution is 7.99. The lowest BCUT2D eigenvalue weighted by molar-refractivity contribution is -0.384. The van der Waals surface area contributed by atoms with E-state index in [4.69, 9.17) is 0 Å². The molecule has 2 aromatic carbocycles. The highest BCUT2D eigenvalue weighted by Gasteiger charge is 2.11. The number of hydrogen-bond donors (Lipinski definition) is 0. The van der Waals surface area contributed by atoms with Crippen LogP contribution in [-0.4, -0.2) is 36.2 Å². The van der Waals surface area contributed by atoms with Gasteiger partial charge in [0, 0.05) is 41.3 Å². The number of carbonyl (C=O) groups is 1. The van der Waals surface area contributed by atoms with E-state index in [0.29, 0.717) is 10.6 Å². The average Bonchev–Trinajstić information content (AvgIpc) is 3.33. The van der Waals surface area contributed by atoms with Crippen LogP contribution < -0.4 is 0 Å². The molecule has 9 heteroatoms. The molecule has 148 valence electrons. The normalized spacial score (nSPS) is 10.7. The minimum absolute atomic E-state index is 0.0429. The first-order chi connectivity index (χ1) is 14.6. The number of non-ortho nitro benzene ring substituents is 1. The Labute approximate surface area is 175 Å². The number of nitrogens with zero attached hydrogens (tertiary/aromatic N) is 5. The second-order valence-electron chi connectivity index (χ2n) is 6.29. The van der Waals surface area contributed by atoms with E-state index in [1.807, 2.05) is 47.2 Å². The summed E-state index contributed by atoms with van der Waals surface area (Å²) in [4.78, 5) is 26.5. The van der Waals surface area contributed by atoms with E-state index in [1.54, 1.807) is 12.5 Å². The van der Waals surface area contributed by atoms with Crippen LogP contribution >= 0.6 is 11.8 Å². The van der Waals surface area contributed by atoms with Crippen molar-refractivity contribution < 1.29 is 9.72 Å². The molecule has 4 aromatic rings. The van der Waals surface area contributed by atoms with E-state index in [-0.39, 0.29) is 17.2 Å². The predicted molar refractivity (Wildman–Crippen MR) is 113 cm³/mol. The fourth-order valence-electron chi connectivity index (χ4n) is 2.76. The molecule has 4 rings (SSSR count). The number of Topliss-reactive ketones (excluding diaryl/α,β-unsaturated/α-hetero) is 1. The van der Waals surface area contributed by atoms with Gasteiger partial charge in [0.25, 0.3) is 5.69 Å². The summed E-state index contributed by atoms with van der Waals surface area (Å²) in [7, 11) is 0. The zero-order chi connectivity index (χ0) is 20.9. The standard InChI is InChI=1S/C21H15N5O3S/c27-20(16-3-7-18(8-4-16)26(28)29)13-30-21-10-9-19(23-24-21)15-1-5-17(6-2-15)25-12-11-22-14-25/h1-12,14H,13H2. The maximum Gasteiger partial charge on any atom is 0.269 e. The van der Waals surface area contributed by atoms with Crippen molar-refractivity contribution >= 4 is 23.2 Å². The fraction of sp³-hybridized carbons (Fsp3) is 0.0476. The summed E-state index contributed by atoms with van der Waals surface area (Å²) in [6.45, 7) is 0. The summed E-state index contributed by atoms with van der Waals surface area (Å²) in [6, 6.07) is 17.1. The Morgan fingerprint density at radius 3 is 2.37 bits per heavy atom. The van der Waals surface area contributed by atoms with Gasteiger partial charge in [0.15, 0.2) is 5.78 Å². The number of nitro benzene ring substituents is 1. The predicted octanol–water partition coefficient (Wildman–Crippen LogP) is 4.21. The minimum atomic E-state index is -0.495. The molecule has 0 unspecified atom stereocenters. The number of rotatable bonds is 7. The number of imidazole rings is 1. The third-order valence-corrected chi connectivity index (χ3v) is 5.28. The van der Waals surface area contributed by atoms with Gasteiger partial charge in [0.1, 0.15) is 5.03 Å². The van der Waals surface area contributed by atoms with Crippen LogP contribution in [-0.2, 0) is 0 Å². The van der Waals surface area contributed by atoms with Crippen molar-refractivity contribution in [2.24, 2.45) is 0 Å². The Hall–Kier alpha value is -3.85. The van der Waals surface area contributed by atoms with Crippen LogP contribution in [0.15, 0.2) is 84.4 Å². The molecule has 0 aliphatic rings. The SMILES string of the molecule is O=C(CSc1ccc(-c2ccc(-n3ccnc3)cc2)nn1)c1ccc([N+](=O)[O-])cc1. The van der Waals surface area contributed by atoms with Crippen LogP contribution in [0, 0.1) is 10.1 Å². The molecule has 2 aromatic heterocycles. The molecule has 0 aliphatic heterocycles. The molecule has 0 spiro atoms. The van der Waals surface area contributed by atoms with Gasteiger partial charge in [-0.3, -0.25) is 14.9 Å². The Morgan fingerprint density at radius 1 is 1.00 bits per heavy atom. The number of aromatic nitrogens is 4. The first-order valence-electron chi connectivity index (χ1n) is 8.93. The van der Waals surface area contributed by atoms with Crippen LogP contribution in [0.4, 0.5) is 5.69 Å². The van der Waals surface area contributed by atoms with Crippen molar-refractivity contribution in [1.29, 1.82) is 0 Å². The van der Waals surface area contributed by atoms with E-state index in [1.165, 1.54) is 36.0 Å². The summed E-state index contributed by atoms with van der Waals surface area (Å²) < 4.78 is 1.91. The number of carbonyl (C=O) groups excluding carboxylic acids is 1. The van der Waals surface area contributed by atoms with Crippen molar-refractivity contribution in [2.75, 3.05) is 5.75 Å². The molecule has 0 radical (unpaired) electrons. The van der Waals surface area contributed by atoms with E-state index >= 15 is 0 Å². The summed E-state index contributed by atoms with van der Waals surface area (Å²) >= 11 is 1.27. The Bertz CT molecular complexity index is 1160. The maximum atomic E-state index is 12.3. The Balaban J connectivity index is 1.37. The van der Waals surface area contributed by atoms with Crippen LogP contribution in [0.25, 0.3) is 16.9 Å². The highest BCUT2D eigenvalue weighted by Crippen LogP contribution is 2.22. The van der Waals surface area contributed by atoms with Crippen molar-refractivity contribution in [1.82, 2.24) is 19.7 Å². The molecule has 0 bridgehead atoms. The van der Waals surface area contributed by atoms with Crippen molar-refractivity contribution in [3.63, 3.8) is 0 Å². The number of ketones is 1. The van der Waals surface area contributed by atoms with Crippen LogP contribution in [0.2, 0.25) is 0 Å². The molecule has 0 amide bonds. The first kappa shape index (κ1) is 19.5. The van der Waals surface area contributed by atoms with Crippen LogP contribution in [0.1, 0.15) is 10.4 Å². The van der Waals surface area contributed by atoms with E-state index in [2.05, 4.69) is 15.2 Å². The van der Waals surface area contributed by atoms with Crippen LogP contribution in [0.3, 0.4) is 0 Å². The molecule has 2 heterocycles. The summed E-state index contributed by atoms with van der Waals surface area (Å²) in [5.41, 5.74) is 3.05. The lowest BCUT2D eigenvalue weighted by Gasteiger charge is -2.05. The largest absolute Gasteiger partial charge is 0.306 e. The lowest BCUT2D eigenvalue weighted by atomic mass is 10.1. The maximum absolute atomic E-state index is 12.3. The summed E-state index contributed by atoms with van der Waals surface area (Å²) in [5, 5.41) is 19.8. The molecule has 8 nitrogen and oxygen atoms in total. The number of hydrogen-bond acceptors (Lipinski definition) is 7. The van der Waals surface area contributed by atoms with Gasteiger partial charge < -0.3 is 4.57 Å². The van der Waals surface area contributed by atoms with Crippen molar-refractivity contribution in [3.8, 4) is 16.9 Å². The Morgan fingerprint density at radius 2 is 1.77 bits per heavy atom. The van der Waals surface area contributed by atoms with Gasteiger partial charge >= 0.3 is 0 Å². The average molecular weight is 417 g/mol. The van der Waals surface area contributed by atoms with E-state index in [0.717, 1.165) is 16.9 Å². The second-order valence-corrected chi connectivity index (χ2v) is 7.29. The van der Waals surface area contributed by atoms with Crippen molar-refractivity contribution in [3.05, 3.63) is 95.1 Å². The zero-order valence-electron chi connectivity index (χ0n) is 15.6. The number of thioether (sulfide) groups is 1. The smallest absolute Gasteiger partial charge is 0.269 e. The van der Waals surface area contributed by atoms with Gasteiger partial charge in [0.2, 0.25) is 0 Å². The molecule has 0 saturated heterocycles. The van der Waals surface area contributed by atoms with Crippen LogP contribution in [0.5, 0.6) is 0 Å². The molecule has 0 N–H and O–H groups in total. The summed E-state index contributed by atoms with van der Waals surface area (Å²) in [5.74, 6) is 0.0432. The highest BCUT2D eigenvalue weighted by atomic mass is 32.2. The monoisotopic (exact) mass is 417 g/mol. The molecule has 0 atom stereocenters. The fourth-order valence-corrected chi connectivity index (χ4v) is 3.47. The van der Waals surface area contributed by atoms with Gasteiger partial charge in [-0.1, -0.05) is 23.9 Å². The van der Waals surface area contributed by atoms with Crippen molar-refractivity contribution in [2.45, 2.75) is 5.03 Å². The molecule has 0 aliphatic carbocycles. The van der Waals surface area contributed by atoms with E-state index in [9.17, 15) is 14.9 Å². The number of benzene rings is 2. The molecular weight excluding hydrogens is 402 g/mol. The quantitative estimate of drug-likeness (QED) is 0.192. The van der Waals surface area contributed by atoms with Gasteiger partial charge in [-0.15, -0.1) is 10.2 Å². The second kappa shape index (κ2) is 8.66. The van der Waals surface area contributed by atoms with Gasteiger partial charge in [-0.2, -0.15) is 0 Å². The topological polar surface area (TPSA) is 104 Å². The molecule has 0 saturated carbocycles. The van der Waals surface area contributed by atoms with E-state index < -0.39 is 4.92 Å². The van der Waals surface area contributed by atoms with Gasteiger partial charge in [-0.05, 0) is 36.4 Å². The lowest BCUT2D eigenvalue weighted by Crippen LogP contribution is -2.03. The minimum Gasteiger partial charge on any atom is -0.306 e. The summed E-state index contributed by atoms with van der Waals surface area (Å²) in [6.07, 6.45) is 5.33. The Kier molecular flexibility index (Phi) is 5.62. The molecule has 30 heavy (non-hydrogen) atoms. The molecular formula is C21H15N5O3S. The van der Waals surface area contributed by atoms with Gasteiger partial charge in [0.05, 0.1) is 22.7 Å². The third-order valence-electron chi connectivity index (χ3n) is 4.36. The first-order valence-corrected chi connectivity index (χ1v) is 9.92. The third kappa shape index (κ3) is 4.41. The van der Waals surface area contributed by atoms with Gasteiger partial charge in [-0.25, -0.2) is 4.98 Å². The number of nitro groups is 1.